The molecule has 0 aliphatic rings. The van der Waals surface area contributed by atoms with E-state index in [1.165, 1.54) is 32.7 Å². The van der Waals surface area contributed by atoms with Crippen LogP contribution in [0, 0.1) is 0 Å². The summed E-state index contributed by atoms with van der Waals surface area (Å²) in [5.41, 5.74) is 7.65. The molecule has 0 aromatic heterocycles. The van der Waals surface area contributed by atoms with Crippen molar-refractivity contribution in [3.63, 3.8) is 0 Å². The summed E-state index contributed by atoms with van der Waals surface area (Å²) in [6, 6.07) is 60.0. The Morgan fingerprint density at radius 1 is 0.457 bits per heavy atom. The van der Waals surface area contributed by atoms with Crippen molar-refractivity contribution in [1.29, 1.82) is 0 Å². The average Bonchev–Trinajstić information content (AvgIpc) is 3.12. The Morgan fingerprint density at radius 3 is 1.87 bits per heavy atom. The Balaban J connectivity index is 1.17. The molecule has 0 heterocycles. The Labute approximate surface area is 274 Å². The molecule has 0 aliphatic heterocycles. The molecule has 0 saturated carbocycles. The van der Waals surface area contributed by atoms with E-state index >= 15 is 0 Å². The molecule has 0 radical (unpaired) electrons. The molecule has 0 fully saturated rings. The van der Waals surface area contributed by atoms with Crippen molar-refractivity contribution in [2.24, 2.45) is 4.99 Å². The van der Waals surface area contributed by atoms with Crippen molar-refractivity contribution in [1.82, 2.24) is 0 Å². The first kappa shape index (κ1) is 27.9. The maximum atomic E-state index is 4.92. The fourth-order valence-electron chi connectivity index (χ4n) is 6.26. The highest BCUT2D eigenvalue weighted by atomic mass is 32.1. The molecule has 8 aromatic rings. The lowest BCUT2D eigenvalue weighted by molar-refractivity contribution is 1.29. The monoisotopic (exact) mass is 606 g/mol. The number of nitrogens with zero attached hydrogens (tertiary/aromatic N) is 2. The molecular weight excluding hydrogens is 577 g/mol. The molecule has 0 bridgehead atoms. The zero-order valence-electron chi connectivity index (χ0n) is 25.1. The molecule has 8 aromatic carbocycles. The van der Waals surface area contributed by atoms with Gasteiger partial charge < -0.3 is 4.90 Å². The molecule has 0 N–H and O–H groups in total. The second-order valence-electron chi connectivity index (χ2n) is 11.5. The van der Waals surface area contributed by atoms with Gasteiger partial charge in [0, 0.05) is 33.6 Å². The molecule has 46 heavy (non-hydrogen) atoms. The second kappa shape index (κ2) is 12.0. The van der Waals surface area contributed by atoms with Crippen LogP contribution in [-0.4, -0.2) is 6.21 Å². The van der Waals surface area contributed by atoms with Gasteiger partial charge in [-0.05, 0) is 92.2 Å². The molecule has 0 saturated heterocycles. The van der Waals surface area contributed by atoms with Crippen molar-refractivity contribution >= 4 is 73.9 Å². The molecule has 0 spiro atoms. The Bertz CT molecular complexity index is 2360. The van der Waals surface area contributed by atoms with Gasteiger partial charge >= 0.3 is 0 Å². The van der Waals surface area contributed by atoms with Crippen LogP contribution in [0.1, 0.15) is 5.56 Å². The van der Waals surface area contributed by atoms with Gasteiger partial charge in [0.1, 0.15) is 0 Å². The third-order valence-electron chi connectivity index (χ3n) is 8.56. The van der Waals surface area contributed by atoms with Crippen molar-refractivity contribution in [2.75, 3.05) is 4.90 Å². The van der Waals surface area contributed by atoms with Crippen LogP contribution in [0.4, 0.5) is 22.7 Å². The van der Waals surface area contributed by atoms with Crippen LogP contribution in [0.15, 0.2) is 180 Å². The van der Waals surface area contributed by atoms with Gasteiger partial charge in [0.05, 0.1) is 5.69 Å². The van der Waals surface area contributed by atoms with Crippen LogP contribution in [0.3, 0.4) is 0 Å². The van der Waals surface area contributed by atoms with Gasteiger partial charge in [-0.25, -0.2) is 0 Å². The molecular formula is C43H30N2S. The minimum atomic E-state index is 0.862. The van der Waals surface area contributed by atoms with Gasteiger partial charge in [-0.3, -0.25) is 4.99 Å². The minimum absolute atomic E-state index is 0.862. The number of thiol groups is 1. The summed E-state index contributed by atoms with van der Waals surface area (Å²) < 4.78 is 0. The number of para-hydroxylation sites is 1. The molecule has 3 heteroatoms. The van der Waals surface area contributed by atoms with Crippen LogP contribution >= 0.6 is 12.6 Å². The fraction of sp³-hybridized carbons (Fsp3) is 0. The predicted octanol–water partition coefficient (Wildman–Crippen LogP) is 12.3. The lowest BCUT2D eigenvalue weighted by Crippen LogP contribution is -2.09. The molecule has 218 valence electrons. The van der Waals surface area contributed by atoms with Gasteiger partial charge in [-0.15, -0.1) is 12.6 Å². The van der Waals surface area contributed by atoms with E-state index in [4.69, 9.17) is 17.6 Å². The van der Waals surface area contributed by atoms with E-state index in [-0.39, 0.29) is 0 Å². The lowest BCUT2D eigenvalue weighted by atomic mass is 9.96. The summed E-state index contributed by atoms with van der Waals surface area (Å²) in [7, 11) is 0. The van der Waals surface area contributed by atoms with Crippen LogP contribution in [0.2, 0.25) is 0 Å². The van der Waals surface area contributed by atoms with Crippen molar-refractivity contribution in [3.8, 4) is 11.1 Å². The van der Waals surface area contributed by atoms with Gasteiger partial charge in [0.2, 0.25) is 0 Å². The molecule has 0 unspecified atom stereocenters. The van der Waals surface area contributed by atoms with E-state index in [0.29, 0.717) is 0 Å². The topological polar surface area (TPSA) is 15.6 Å². The van der Waals surface area contributed by atoms with Crippen molar-refractivity contribution < 1.29 is 0 Å². The van der Waals surface area contributed by atoms with Gasteiger partial charge in [-0.2, -0.15) is 0 Å². The van der Waals surface area contributed by atoms with Gasteiger partial charge in [-0.1, -0.05) is 121 Å². The first-order chi connectivity index (χ1) is 22.7. The van der Waals surface area contributed by atoms with Crippen molar-refractivity contribution in [3.05, 3.63) is 175 Å². The summed E-state index contributed by atoms with van der Waals surface area (Å²) in [5, 5.41) is 7.07. The zero-order valence-corrected chi connectivity index (χ0v) is 26.0. The maximum absolute atomic E-state index is 4.92. The van der Waals surface area contributed by atoms with E-state index in [9.17, 15) is 0 Å². The normalized spacial score (nSPS) is 11.5. The third kappa shape index (κ3) is 5.32. The highest BCUT2D eigenvalue weighted by Crippen LogP contribution is 2.40. The Hall–Kier alpha value is -5.64. The highest BCUT2D eigenvalue weighted by Gasteiger charge is 2.14. The number of fused-ring (bicyclic) bond motifs is 4. The molecule has 2 nitrogen and oxygen atoms in total. The third-order valence-corrected chi connectivity index (χ3v) is 8.92. The van der Waals surface area contributed by atoms with E-state index in [2.05, 4.69) is 150 Å². The van der Waals surface area contributed by atoms with E-state index in [0.717, 1.165) is 44.0 Å². The van der Waals surface area contributed by atoms with Crippen molar-refractivity contribution in [2.45, 2.75) is 4.90 Å². The van der Waals surface area contributed by atoms with Crippen LogP contribution in [0.5, 0.6) is 0 Å². The summed E-state index contributed by atoms with van der Waals surface area (Å²) >= 11 is 4.80. The first-order valence-electron chi connectivity index (χ1n) is 15.4. The minimum Gasteiger partial charge on any atom is -0.310 e. The molecule has 8 rings (SSSR count). The summed E-state index contributed by atoms with van der Waals surface area (Å²) in [6.45, 7) is 0. The zero-order chi connectivity index (χ0) is 30.9. The Kier molecular flexibility index (Phi) is 7.30. The van der Waals surface area contributed by atoms with Crippen LogP contribution < -0.4 is 4.90 Å². The number of hydrogen-bond acceptors (Lipinski definition) is 3. The number of rotatable bonds is 6. The van der Waals surface area contributed by atoms with Crippen LogP contribution in [-0.2, 0) is 0 Å². The molecule has 0 amide bonds. The maximum Gasteiger partial charge on any atom is 0.0847 e. The largest absolute Gasteiger partial charge is 0.310 e. The Morgan fingerprint density at radius 2 is 1.07 bits per heavy atom. The number of hydrogen-bond donors (Lipinski definition) is 1. The van der Waals surface area contributed by atoms with Gasteiger partial charge in [0.25, 0.3) is 0 Å². The fourth-order valence-corrected chi connectivity index (χ4v) is 6.50. The van der Waals surface area contributed by atoms with Crippen LogP contribution in [0.25, 0.3) is 43.4 Å². The number of anilines is 3. The second-order valence-corrected chi connectivity index (χ2v) is 11.9. The van der Waals surface area contributed by atoms with E-state index < -0.39 is 0 Å². The highest BCUT2D eigenvalue weighted by molar-refractivity contribution is 7.80. The predicted molar refractivity (Wildman–Crippen MR) is 200 cm³/mol. The smallest absolute Gasteiger partial charge is 0.0847 e. The molecule has 0 atom stereocenters. The SMILES string of the molecule is Sc1ccc2ccc3cc(-c4ccc(N(c5ccccc5)c5ccc6ccccc6c5)cc4)ccc3c2c1N=Cc1ccccc1. The summed E-state index contributed by atoms with van der Waals surface area (Å²) in [5.74, 6) is 0. The first-order valence-corrected chi connectivity index (χ1v) is 15.9. The molecule has 0 aliphatic carbocycles. The summed E-state index contributed by atoms with van der Waals surface area (Å²) in [4.78, 5) is 8.10. The quantitative estimate of drug-likeness (QED) is 0.113. The summed E-state index contributed by atoms with van der Waals surface area (Å²) in [6.07, 6.45) is 1.92. The number of aliphatic imine (C=N–C) groups is 1. The van der Waals surface area contributed by atoms with Gasteiger partial charge in [0.15, 0.2) is 0 Å². The van der Waals surface area contributed by atoms with E-state index in [1.54, 1.807) is 0 Å². The standard InChI is InChI=1S/C43H30N2S/c46-41-26-21-33-15-16-36-27-35(20-25-40(36)42(33)43(41)44-29-30-9-3-1-4-10-30)32-17-22-38(23-18-32)45(37-13-5-2-6-14-37)39-24-19-31-11-7-8-12-34(31)28-39/h1-29,46H. The lowest BCUT2D eigenvalue weighted by Gasteiger charge is -2.26. The average molecular weight is 607 g/mol. The van der Waals surface area contributed by atoms with E-state index in [1.807, 2.05) is 30.5 Å². The number of benzene rings is 8.